The average Bonchev–Trinajstić information content (AvgIpc) is 3.04. The SMILES string of the molecule is CCn1c(CN2CCCc3ccccc32)nc2cc(S(=O)(=O)N(C)C)ccc21. The zero-order chi connectivity index (χ0) is 19.9. The monoisotopic (exact) mass is 398 g/mol. The molecule has 0 bridgehead atoms. The lowest BCUT2D eigenvalue weighted by atomic mass is 10.0. The molecule has 0 aliphatic carbocycles. The van der Waals surface area contributed by atoms with Crippen LogP contribution in [0.3, 0.4) is 0 Å². The minimum Gasteiger partial charge on any atom is -0.364 e. The smallest absolute Gasteiger partial charge is 0.242 e. The Balaban J connectivity index is 1.74. The summed E-state index contributed by atoms with van der Waals surface area (Å²) in [5.74, 6) is 0.966. The van der Waals surface area contributed by atoms with Crippen LogP contribution in [-0.4, -0.2) is 42.9 Å². The fourth-order valence-corrected chi connectivity index (χ4v) is 4.87. The van der Waals surface area contributed by atoms with E-state index >= 15 is 0 Å². The first-order valence-corrected chi connectivity index (χ1v) is 11.1. The van der Waals surface area contributed by atoms with Crippen molar-refractivity contribution in [2.24, 2.45) is 0 Å². The van der Waals surface area contributed by atoms with Crippen LogP contribution >= 0.6 is 0 Å². The number of hydrogen-bond acceptors (Lipinski definition) is 4. The normalized spacial score (nSPS) is 14.6. The van der Waals surface area contributed by atoms with E-state index in [0.717, 1.165) is 49.3 Å². The van der Waals surface area contributed by atoms with Gasteiger partial charge in [0.05, 0.1) is 22.5 Å². The van der Waals surface area contributed by atoms with Gasteiger partial charge in [-0.05, 0) is 49.6 Å². The molecule has 0 fully saturated rings. The van der Waals surface area contributed by atoms with Crippen LogP contribution in [0.2, 0.25) is 0 Å². The molecule has 0 N–H and O–H groups in total. The van der Waals surface area contributed by atoms with E-state index in [1.54, 1.807) is 26.2 Å². The molecule has 0 atom stereocenters. The van der Waals surface area contributed by atoms with Gasteiger partial charge in [0.1, 0.15) is 5.82 Å². The zero-order valence-corrected chi connectivity index (χ0v) is 17.4. The molecule has 1 aliphatic heterocycles. The van der Waals surface area contributed by atoms with E-state index in [1.165, 1.54) is 15.6 Å². The maximum atomic E-state index is 12.5. The molecule has 1 aromatic heterocycles. The molecule has 148 valence electrons. The molecule has 2 aromatic carbocycles. The molecule has 6 nitrogen and oxygen atoms in total. The van der Waals surface area contributed by atoms with Crippen molar-refractivity contribution in [2.75, 3.05) is 25.5 Å². The number of anilines is 1. The maximum Gasteiger partial charge on any atom is 0.242 e. The fourth-order valence-electron chi connectivity index (χ4n) is 3.95. The molecule has 28 heavy (non-hydrogen) atoms. The number of aryl methyl sites for hydroxylation is 2. The molecule has 2 heterocycles. The van der Waals surface area contributed by atoms with Crippen molar-refractivity contribution in [2.45, 2.75) is 37.8 Å². The number of hydrogen-bond donors (Lipinski definition) is 0. The second-order valence-corrected chi connectivity index (χ2v) is 9.52. The highest BCUT2D eigenvalue weighted by Crippen LogP contribution is 2.29. The van der Waals surface area contributed by atoms with Crippen LogP contribution in [0.5, 0.6) is 0 Å². The number of rotatable bonds is 5. The van der Waals surface area contributed by atoms with Crippen LogP contribution < -0.4 is 4.90 Å². The molecule has 3 aromatic rings. The van der Waals surface area contributed by atoms with Gasteiger partial charge in [-0.2, -0.15) is 0 Å². The number of aromatic nitrogens is 2. The van der Waals surface area contributed by atoms with Crippen molar-refractivity contribution in [3.05, 3.63) is 53.9 Å². The van der Waals surface area contributed by atoms with Gasteiger partial charge in [-0.3, -0.25) is 0 Å². The van der Waals surface area contributed by atoms with E-state index in [4.69, 9.17) is 4.98 Å². The fraction of sp³-hybridized carbons (Fsp3) is 0.381. The van der Waals surface area contributed by atoms with E-state index in [0.29, 0.717) is 0 Å². The van der Waals surface area contributed by atoms with Crippen molar-refractivity contribution in [3.63, 3.8) is 0 Å². The standard InChI is InChI=1S/C21H26N4O2S/c1-4-25-20-12-11-17(28(26,27)23(2)3)14-18(20)22-21(25)15-24-13-7-9-16-8-5-6-10-19(16)24/h5-6,8,10-12,14H,4,7,9,13,15H2,1-3H3. The molecular weight excluding hydrogens is 372 g/mol. The van der Waals surface area contributed by atoms with E-state index in [-0.39, 0.29) is 4.90 Å². The minimum atomic E-state index is -3.47. The summed E-state index contributed by atoms with van der Waals surface area (Å²) in [6.45, 7) is 4.61. The second-order valence-electron chi connectivity index (χ2n) is 7.36. The number of fused-ring (bicyclic) bond motifs is 2. The van der Waals surface area contributed by atoms with Crippen LogP contribution in [0.25, 0.3) is 11.0 Å². The molecule has 0 radical (unpaired) electrons. The Morgan fingerprint density at radius 2 is 1.93 bits per heavy atom. The average molecular weight is 399 g/mol. The molecule has 1 aliphatic rings. The van der Waals surface area contributed by atoms with Gasteiger partial charge in [0.2, 0.25) is 10.0 Å². The van der Waals surface area contributed by atoms with Crippen molar-refractivity contribution in [3.8, 4) is 0 Å². The topological polar surface area (TPSA) is 58.4 Å². The third-order valence-corrected chi connectivity index (χ3v) is 7.24. The first kappa shape index (κ1) is 19.0. The van der Waals surface area contributed by atoms with E-state index in [2.05, 4.69) is 40.7 Å². The maximum absolute atomic E-state index is 12.5. The predicted octanol–water partition coefficient (Wildman–Crippen LogP) is 3.26. The Kier molecular flexibility index (Phi) is 4.89. The Labute approximate surface area is 166 Å². The highest BCUT2D eigenvalue weighted by Gasteiger charge is 2.22. The van der Waals surface area contributed by atoms with E-state index in [1.807, 2.05) is 6.07 Å². The highest BCUT2D eigenvalue weighted by molar-refractivity contribution is 7.89. The van der Waals surface area contributed by atoms with Gasteiger partial charge >= 0.3 is 0 Å². The highest BCUT2D eigenvalue weighted by atomic mass is 32.2. The van der Waals surface area contributed by atoms with Crippen molar-refractivity contribution >= 4 is 26.7 Å². The van der Waals surface area contributed by atoms with Gasteiger partial charge in [0, 0.05) is 32.9 Å². The summed E-state index contributed by atoms with van der Waals surface area (Å²) in [6.07, 6.45) is 2.25. The molecule has 0 spiro atoms. The first-order chi connectivity index (χ1) is 13.4. The number of para-hydroxylation sites is 1. The van der Waals surface area contributed by atoms with Crippen LogP contribution in [0.15, 0.2) is 47.4 Å². The summed E-state index contributed by atoms with van der Waals surface area (Å²) < 4.78 is 28.4. The van der Waals surface area contributed by atoms with Crippen LogP contribution in [0.1, 0.15) is 24.7 Å². The second kappa shape index (κ2) is 7.22. The van der Waals surface area contributed by atoms with E-state index in [9.17, 15) is 8.42 Å². The summed E-state index contributed by atoms with van der Waals surface area (Å²) >= 11 is 0. The molecule has 7 heteroatoms. The van der Waals surface area contributed by atoms with Gasteiger partial charge < -0.3 is 9.47 Å². The van der Waals surface area contributed by atoms with Gasteiger partial charge in [-0.1, -0.05) is 18.2 Å². The molecule has 0 saturated heterocycles. The Hall–Kier alpha value is -2.38. The van der Waals surface area contributed by atoms with Crippen LogP contribution in [0, 0.1) is 0 Å². The summed E-state index contributed by atoms with van der Waals surface area (Å²) in [5.41, 5.74) is 4.36. The lowest BCUT2D eigenvalue weighted by Gasteiger charge is -2.31. The Morgan fingerprint density at radius 3 is 2.68 bits per heavy atom. The molecule has 0 saturated carbocycles. The van der Waals surface area contributed by atoms with Crippen molar-refractivity contribution in [1.82, 2.24) is 13.9 Å². The van der Waals surface area contributed by atoms with Gasteiger partial charge in [-0.25, -0.2) is 17.7 Å². The van der Waals surface area contributed by atoms with E-state index < -0.39 is 10.0 Å². The quantitative estimate of drug-likeness (QED) is 0.662. The minimum absolute atomic E-state index is 0.278. The van der Waals surface area contributed by atoms with Gasteiger partial charge in [0.15, 0.2) is 0 Å². The van der Waals surface area contributed by atoms with Crippen LogP contribution in [-0.2, 0) is 29.5 Å². The number of benzene rings is 2. The largest absolute Gasteiger partial charge is 0.364 e. The summed E-state index contributed by atoms with van der Waals surface area (Å²) in [6, 6.07) is 13.8. The summed E-state index contributed by atoms with van der Waals surface area (Å²) in [5, 5.41) is 0. The molecular formula is C21H26N4O2S. The summed E-state index contributed by atoms with van der Waals surface area (Å²) in [4.78, 5) is 7.48. The van der Waals surface area contributed by atoms with Crippen molar-refractivity contribution < 1.29 is 8.42 Å². The molecule has 4 rings (SSSR count). The zero-order valence-electron chi connectivity index (χ0n) is 16.6. The lowest BCUT2D eigenvalue weighted by Crippen LogP contribution is -2.30. The number of sulfonamides is 1. The van der Waals surface area contributed by atoms with Crippen LogP contribution in [0.4, 0.5) is 5.69 Å². The predicted molar refractivity (Wildman–Crippen MR) is 112 cm³/mol. The summed E-state index contributed by atoms with van der Waals surface area (Å²) in [7, 11) is -0.382. The van der Waals surface area contributed by atoms with Gasteiger partial charge in [0.25, 0.3) is 0 Å². The Morgan fingerprint density at radius 1 is 1.14 bits per heavy atom. The third-order valence-electron chi connectivity index (χ3n) is 5.43. The molecule has 0 unspecified atom stereocenters. The Bertz CT molecular complexity index is 1120. The van der Waals surface area contributed by atoms with Gasteiger partial charge in [-0.15, -0.1) is 0 Å². The third kappa shape index (κ3) is 3.18. The number of nitrogens with zero attached hydrogens (tertiary/aromatic N) is 4. The first-order valence-electron chi connectivity index (χ1n) is 9.66. The molecule has 0 amide bonds. The number of imidazole rings is 1. The van der Waals surface area contributed by atoms with Crippen molar-refractivity contribution in [1.29, 1.82) is 0 Å². The lowest BCUT2D eigenvalue weighted by molar-refractivity contribution is 0.521.